The predicted octanol–water partition coefficient (Wildman–Crippen LogP) is 2.68. The lowest BCUT2D eigenvalue weighted by Crippen LogP contribution is -2.06. The maximum Gasteiger partial charge on any atom is 0.416 e. The zero-order chi connectivity index (χ0) is 14.3. The Morgan fingerprint density at radius 3 is 2.75 bits per heavy atom. The van der Waals surface area contributed by atoms with Crippen LogP contribution in [-0.4, -0.2) is 15.4 Å². The number of nitrogens with one attached hydrogen (secondary N) is 1. The molecular formula is C13H7F3N4. The van der Waals surface area contributed by atoms with Crippen molar-refractivity contribution in [3.63, 3.8) is 0 Å². The normalized spacial score (nSPS) is 13.8. The molecule has 2 aromatic rings. The fourth-order valence-corrected chi connectivity index (χ4v) is 2.22. The molecule has 1 N–H and O–H groups in total. The number of halogens is 3. The van der Waals surface area contributed by atoms with E-state index in [9.17, 15) is 13.2 Å². The highest BCUT2D eigenvalue weighted by atomic mass is 19.4. The Morgan fingerprint density at radius 1 is 1.25 bits per heavy atom. The molecule has 1 aliphatic carbocycles. The molecule has 0 saturated carbocycles. The number of allylic oxidation sites excluding steroid dienone is 1. The van der Waals surface area contributed by atoms with Crippen LogP contribution in [0.4, 0.5) is 13.2 Å². The van der Waals surface area contributed by atoms with Crippen molar-refractivity contribution in [1.29, 1.82) is 5.26 Å². The van der Waals surface area contributed by atoms with Gasteiger partial charge in [0.25, 0.3) is 0 Å². The van der Waals surface area contributed by atoms with Gasteiger partial charge < -0.3 is 0 Å². The summed E-state index contributed by atoms with van der Waals surface area (Å²) in [6.45, 7) is 0. The van der Waals surface area contributed by atoms with E-state index in [0.29, 0.717) is 17.6 Å². The van der Waals surface area contributed by atoms with Gasteiger partial charge in [-0.1, -0.05) is 12.1 Å². The topological polar surface area (TPSA) is 65.4 Å². The summed E-state index contributed by atoms with van der Waals surface area (Å²) in [6.07, 6.45) is -2.13. The summed E-state index contributed by atoms with van der Waals surface area (Å²) in [6, 6.07) is 5.46. The number of nitriles is 1. The lowest BCUT2D eigenvalue weighted by molar-refractivity contribution is -0.137. The van der Waals surface area contributed by atoms with Crippen LogP contribution in [0.5, 0.6) is 0 Å². The van der Waals surface area contributed by atoms with E-state index < -0.39 is 11.7 Å². The SMILES string of the molecule is N#Cc1n[nH]nc1C1=CCc2ccc(C(F)(F)F)cc21. The van der Waals surface area contributed by atoms with Gasteiger partial charge in [-0.15, -0.1) is 5.10 Å². The average Bonchev–Trinajstić information content (AvgIpc) is 3.02. The van der Waals surface area contributed by atoms with E-state index in [0.717, 1.165) is 17.7 Å². The first-order valence-electron chi connectivity index (χ1n) is 5.72. The molecule has 3 rings (SSSR count). The second-order valence-electron chi connectivity index (χ2n) is 4.32. The van der Waals surface area contributed by atoms with Gasteiger partial charge in [0, 0.05) is 5.57 Å². The zero-order valence-electron chi connectivity index (χ0n) is 9.99. The number of alkyl halides is 3. The molecule has 0 radical (unpaired) electrons. The van der Waals surface area contributed by atoms with E-state index in [1.807, 2.05) is 6.07 Å². The first kappa shape index (κ1) is 12.4. The number of H-pyrrole nitrogens is 1. The minimum Gasteiger partial charge on any atom is -0.196 e. The zero-order valence-corrected chi connectivity index (χ0v) is 9.99. The Hall–Kier alpha value is -2.62. The quantitative estimate of drug-likeness (QED) is 0.870. The summed E-state index contributed by atoms with van der Waals surface area (Å²) in [5, 5.41) is 18.8. The van der Waals surface area contributed by atoms with Crippen molar-refractivity contribution in [3.8, 4) is 6.07 Å². The van der Waals surface area contributed by atoms with Crippen molar-refractivity contribution in [2.24, 2.45) is 0 Å². The number of hydrogen-bond donors (Lipinski definition) is 1. The van der Waals surface area contributed by atoms with Crippen molar-refractivity contribution in [2.45, 2.75) is 12.6 Å². The number of fused-ring (bicyclic) bond motifs is 1. The van der Waals surface area contributed by atoms with Gasteiger partial charge in [0.05, 0.1) is 5.56 Å². The second-order valence-corrected chi connectivity index (χ2v) is 4.32. The lowest BCUT2D eigenvalue weighted by Gasteiger charge is -2.10. The van der Waals surface area contributed by atoms with E-state index in [4.69, 9.17) is 5.26 Å². The van der Waals surface area contributed by atoms with Crippen LogP contribution in [0.15, 0.2) is 24.3 Å². The summed E-state index contributed by atoms with van der Waals surface area (Å²) in [4.78, 5) is 0. The molecule has 100 valence electrons. The average molecular weight is 276 g/mol. The Morgan fingerprint density at radius 2 is 2.05 bits per heavy atom. The van der Waals surface area contributed by atoms with Crippen LogP contribution in [0, 0.1) is 11.3 Å². The number of rotatable bonds is 1. The number of aromatic amines is 1. The minimum atomic E-state index is -4.40. The Balaban J connectivity index is 2.12. The summed E-state index contributed by atoms with van der Waals surface area (Å²) in [5.74, 6) is 0. The van der Waals surface area contributed by atoms with E-state index in [1.54, 1.807) is 6.08 Å². The molecule has 0 fully saturated rings. The van der Waals surface area contributed by atoms with Crippen molar-refractivity contribution >= 4 is 5.57 Å². The van der Waals surface area contributed by atoms with E-state index in [2.05, 4.69) is 15.4 Å². The second kappa shape index (κ2) is 4.20. The summed E-state index contributed by atoms with van der Waals surface area (Å²) >= 11 is 0. The van der Waals surface area contributed by atoms with Crippen molar-refractivity contribution < 1.29 is 13.2 Å². The summed E-state index contributed by atoms with van der Waals surface area (Å²) in [7, 11) is 0. The smallest absolute Gasteiger partial charge is 0.196 e. The Kier molecular flexibility index (Phi) is 2.61. The highest BCUT2D eigenvalue weighted by Gasteiger charge is 2.32. The maximum atomic E-state index is 12.8. The molecular weight excluding hydrogens is 269 g/mol. The molecule has 7 heteroatoms. The van der Waals surface area contributed by atoms with Gasteiger partial charge in [0.1, 0.15) is 11.8 Å². The molecule has 1 heterocycles. The highest BCUT2D eigenvalue weighted by molar-refractivity contribution is 5.84. The standard InChI is InChI=1S/C13H7F3N4/c14-13(15,16)8-3-1-7-2-4-9(10(7)5-8)12-11(6-17)18-20-19-12/h1,3-5H,2H2,(H,18,19,20). The molecule has 1 aromatic carbocycles. The lowest BCUT2D eigenvalue weighted by atomic mass is 9.99. The van der Waals surface area contributed by atoms with Gasteiger partial charge in [-0.3, -0.25) is 0 Å². The van der Waals surface area contributed by atoms with Gasteiger partial charge in [-0.05, 0) is 29.7 Å². The molecule has 0 unspecified atom stereocenters. The van der Waals surface area contributed by atoms with E-state index in [-0.39, 0.29) is 11.4 Å². The van der Waals surface area contributed by atoms with E-state index in [1.165, 1.54) is 6.07 Å². The highest BCUT2D eigenvalue weighted by Crippen LogP contribution is 2.37. The van der Waals surface area contributed by atoms with Crippen LogP contribution in [0.1, 0.15) is 28.1 Å². The third kappa shape index (κ3) is 1.86. The van der Waals surface area contributed by atoms with E-state index >= 15 is 0 Å². The predicted molar refractivity (Wildman–Crippen MR) is 63.3 cm³/mol. The fraction of sp³-hybridized carbons (Fsp3) is 0.154. The van der Waals surface area contributed by atoms with Crippen molar-refractivity contribution in [3.05, 3.63) is 52.4 Å². The number of hydrogen-bond acceptors (Lipinski definition) is 3. The van der Waals surface area contributed by atoms with Crippen LogP contribution in [0.2, 0.25) is 0 Å². The molecule has 20 heavy (non-hydrogen) atoms. The first-order chi connectivity index (χ1) is 9.50. The molecule has 0 atom stereocenters. The number of nitrogens with zero attached hydrogens (tertiary/aromatic N) is 3. The summed E-state index contributed by atoms with van der Waals surface area (Å²) < 4.78 is 38.3. The largest absolute Gasteiger partial charge is 0.416 e. The monoisotopic (exact) mass is 276 g/mol. The van der Waals surface area contributed by atoms with Crippen LogP contribution in [0.25, 0.3) is 5.57 Å². The Labute approximate surface area is 111 Å². The summed E-state index contributed by atoms with van der Waals surface area (Å²) in [5.41, 5.74) is 1.37. The van der Waals surface area contributed by atoms with Crippen LogP contribution < -0.4 is 0 Å². The van der Waals surface area contributed by atoms with Crippen LogP contribution in [0.3, 0.4) is 0 Å². The third-order valence-electron chi connectivity index (χ3n) is 3.16. The molecule has 0 saturated heterocycles. The third-order valence-corrected chi connectivity index (χ3v) is 3.16. The maximum absolute atomic E-state index is 12.8. The van der Waals surface area contributed by atoms with Crippen LogP contribution >= 0.6 is 0 Å². The minimum absolute atomic E-state index is 0.0708. The van der Waals surface area contributed by atoms with Gasteiger partial charge in [0.2, 0.25) is 0 Å². The number of benzene rings is 1. The fourth-order valence-electron chi connectivity index (χ4n) is 2.22. The van der Waals surface area contributed by atoms with Gasteiger partial charge in [0.15, 0.2) is 5.69 Å². The van der Waals surface area contributed by atoms with Crippen molar-refractivity contribution in [2.75, 3.05) is 0 Å². The molecule has 0 bridgehead atoms. The molecule has 0 spiro atoms. The van der Waals surface area contributed by atoms with Gasteiger partial charge in [-0.2, -0.15) is 28.7 Å². The van der Waals surface area contributed by atoms with Gasteiger partial charge in [-0.25, -0.2) is 0 Å². The molecule has 0 amide bonds. The molecule has 1 aromatic heterocycles. The first-order valence-corrected chi connectivity index (χ1v) is 5.72. The molecule has 0 aliphatic heterocycles. The van der Waals surface area contributed by atoms with Gasteiger partial charge >= 0.3 is 6.18 Å². The molecule has 4 nitrogen and oxygen atoms in total. The number of aromatic nitrogens is 3. The molecule has 1 aliphatic rings. The van der Waals surface area contributed by atoms with Crippen LogP contribution in [-0.2, 0) is 12.6 Å². The van der Waals surface area contributed by atoms with Crippen molar-refractivity contribution in [1.82, 2.24) is 15.4 Å². The Bertz CT molecular complexity index is 750.